The normalized spacial score (nSPS) is 10.6. The van der Waals surface area contributed by atoms with Crippen molar-refractivity contribution in [2.24, 2.45) is 0 Å². The Kier molecular flexibility index (Phi) is 6.40. The summed E-state index contributed by atoms with van der Waals surface area (Å²) in [6.07, 6.45) is 0. The highest BCUT2D eigenvalue weighted by atomic mass is 32.2. The first-order chi connectivity index (χ1) is 9.89. The Labute approximate surface area is 125 Å². The van der Waals surface area contributed by atoms with Gasteiger partial charge in [-0.05, 0) is 19.1 Å². The molecule has 0 saturated heterocycles. The molecule has 0 saturated carbocycles. The standard InChI is InChI=1S/C15H19NO4S/c1-3-21(19,20)10-8-16-15(18)14-11-12(2)6-7-13(14)5-4-9-17/h6-7,11,17H,3,8-10H2,1-2H3,(H,16,18). The van der Waals surface area contributed by atoms with Gasteiger partial charge in [-0.2, -0.15) is 0 Å². The largest absolute Gasteiger partial charge is 0.384 e. The number of aryl methyl sites for hydroxylation is 1. The van der Waals surface area contributed by atoms with Crippen LogP contribution in [0.4, 0.5) is 0 Å². The number of hydrogen-bond acceptors (Lipinski definition) is 4. The van der Waals surface area contributed by atoms with E-state index in [1.807, 2.05) is 13.0 Å². The Balaban J connectivity index is 2.84. The van der Waals surface area contributed by atoms with E-state index in [2.05, 4.69) is 17.2 Å². The number of sulfone groups is 1. The zero-order valence-electron chi connectivity index (χ0n) is 12.1. The van der Waals surface area contributed by atoms with Gasteiger partial charge in [-0.15, -0.1) is 0 Å². The highest BCUT2D eigenvalue weighted by Gasteiger charge is 2.12. The average Bonchev–Trinajstić information content (AvgIpc) is 2.45. The van der Waals surface area contributed by atoms with Crippen LogP contribution in [0.1, 0.15) is 28.4 Å². The van der Waals surface area contributed by atoms with Crippen LogP contribution in [-0.2, 0) is 9.84 Å². The molecular weight excluding hydrogens is 290 g/mol. The lowest BCUT2D eigenvalue weighted by molar-refractivity contribution is 0.0956. The lowest BCUT2D eigenvalue weighted by Crippen LogP contribution is -2.30. The number of aliphatic hydroxyl groups excluding tert-OH is 1. The fourth-order valence-electron chi connectivity index (χ4n) is 1.65. The Hall–Kier alpha value is -1.84. The predicted octanol–water partition coefficient (Wildman–Crippen LogP) is 0.503. The van der Waals surface area contributed by atoms with Gasteiger partial charge in [0.25, 0.3) is 5.91 Å². The van der Waals surface area contributed by atoms with Gasteiger partial charge in [-0.3, -0.25) is 4.79 Å². The van der Waals surface area contributed by atoms with Gasteiger partial charge in [-0.25, -0.2) is 8.42 Å². The number of hydrogen-bond donors (Lipinski definition) is 2. The fourth-order valence-corrected chi connectivity index (χ4v) is 2.35. The first-order valence-corrected chi connectivity index (χ1v) is 8.40. The van der Waals surface area contributed by atoms with Gasteiger partial charge in [0.15, 0.2) is 9.84 Å². The van der Waals surface area contributed by atoms with Crippen LogP contribution < -0.4 is 5.32 Å². The third-order valence-electron chi connectivity index (χ3n) is 2.86. The first kappa shape index (κ1) is 17.2. The summed E-state index contributed by atoms with van der Waals surface area (Å²) in [5.74, 6) is 4.81. The van der Waals surface area contributed by atoms with Crippen LogP contribution >= 0.6 is 0 Å². The summed E-state index contributed by atoms with van der Waals surface area (Å²) in [5.41, 5.74) is 1.78. The molecule has 5 nitrogen and oxygen atoms in total. The molecule has 21 heavy (non-hydrogen) atoms. The lowest BCUT2D eigenvalue weighted by Gasteiger charge is -2.08. The number of carbonyl (C=O) groups excluding carboxylic acids is 1. The average molecular weight is 309 g/mol. The van der Waals surface area contributed by atoms with Crippen molar-refractivity contribution < 1.29 is 18.3 Å². The summed E-state index contributed by atoms with van der Waals surface area (Å²) in [5, 5.41) is 11.3. The van der Waals surface area contributed by atoms with E-state index in [1.54, 1.807) is 19.1 Å². The second-order valence-electron chi connectivity index (χ2n) is 4.50. The quantitative estimate of drug-likeness (QED) is 0.776. The number of aliphatic hydroxyl groups is 1. The SMILES string of the molecule is CCS(=O)(=O)CCNC(=O)c1cc(C)ccc1C#CCO. The first-order valence-electron chi connectivity index (χ1n) is 6.58. The summed E-state index contributed by atoms with van der Waals surface area (Å²) >= 11 is 0. The molecule has 2 N–H and O–H groups in total. The topological polar surface area (TPSA) is 83.5 Å². The van der Waals surface area contributed by atoms with Gasteiger partial charge in [0, 0.05) is 17.9 Å². The van der Waals surface area contributed by atoms with E-state index in [0.717, 1.165) is 5.56 Å². The van der Waals surface area contributed by atoms with E-state index < -0.39 is 9.84 Å². The molecule has 0 heterocycles. The van der Waals surface area contributed by atoms with Crippen LogP contribution in [0.15, 0.2) is 18.2 Å². The molecule has 0 spiro atoms. The maximum Gasteiger partial charge on any atom is 0.252 e. The number of carbonyl (C=O) groups is 1. The van der Waals surface area contributed by atoms with Gasteiger partial charge in [0.1, 0.15) is 6.61 Å². The third kappa shape index (κ3) is 5.58. The highest BCUT2D eigenvalue weighted by molar-refractivity contribution is 7.91. The van der Waals surface area contributed by atoms with Crippen molar-refractivity contribution in [3.8, 4) is 11.8 Å². The second kappa shape index (κ2) is 7.81. The summed E-state index contributed by atoms with van der Waals surface area (Å²) < 4.78 is 22.8. The maximum atomic E-state index is 12.1. The zero-order chi connectivity index (χ0) is 15.9. The van der Waals surface area contributed by atoms with E-state index in [4.69, 9.17) is 5.11 Å². The zero-order valence-corrected chi connectivity index (χ0v) is 13.0. The van der Waals surface area contributed by atoms with Crippen molar-refractivity contribution in [1.29, 1.82) is 0 Å². The van der Waals surface area contributed by atoms with Crippen molar-refractivity contribution in [3.63, 3.8) is 0 Å². The molecule has 1 aromatic carbocycles. The van der Waals surface area contributed by atoms with Crippen LogP contribution in [0.5, 0.6) is 0 Å². The van der Waals surface area contributed by atoms with Crippen LogP contribution in [-0.4, -0.2) is 44.1 Å². The summed E-state index contributed by atoms with van der Waals surface area (Å²) in [4.78, 5) is 12.1. The van der Waals surface area contributed by atoms with E-state index in [-0.39, 0.29) is 30.6 Å². The highest BCUT2D eigenvalue weighted by Crippen LogP contribution is 2.10. The molecule has 0 atom stereocenters. The molecule has 0 aliphatic carbocycles. The molecule has 0 fully saturated rings. The monoisotopic (exact) mass is 309 g/mol. The molecule has 0 aromatic heterocycles. The molecule has 0 aliphatic rings. The number of nitrogens with one attached hydrogen (secondary N) is 1. The number of benzene rings is 1. The van der Waals surface area contributed by atoms with Crippen LogP contribution in [0.25, 0.3) is 0 Å². The molecule has 6 heteroatoms. The summed E-state index contributed by atoms with van der Waals surface area (Å²) in [6, 6.07) is 5.21. The minimum Gasteiger partial charge on any atom is -0.384 e. The maximum absolute atomic E-state index is 12.1. The van der Waals surface area contributed by atoms with E-state index in [1.165, 1.54) is 0 Å². The molecular formula is C15H19NO4S. The minimum absolute atomic E-state index is 0.0561. The Morgan fingerprint density at radius 3 is 2.71 bits per heavy atom. The van der Waals surface area contributed by atoms with E-state index in [9.17, 15) is 13.2 Å². The molecule has 1 amide bonds. The predicted molar refractivity (Wildman–Crippen MR) is 81.8 cm³/mol. The van der Waals surface area contributed by atoms with Gasteiger partial charge >= 0.3 is 0 Å². The van der Waals surface area contributed by atoms with E-state index >= 15 is 0 Å². The van der Waals surface area contributed by atoms with Crippen molar-refractivity contribution in [1.82, 2.24) is 5.32 Å². The van der Waals surface area contributed by atoms with Crippen LogP contribution in [0.2, 0.25) is 0 Å². The molecule has 0 unspecified atom stereocenters. The third-order valence-corrected chi connectivity index (χ3v) is 4.57. The Bertz CT molecular complexity index is 669. The van der Waals surface area contributed by atoms with Crippen LogP contribution in [0, 0.1) is 18.8 Å². The van der Waals surface area contributed by atoms with Gasteiger partial charge in [0.2, 0.25) is 0 Å². The smallest absolute Gasteiger partial charge is 0.252 e. The van der Waals surface area contributed by atoms with Crippen molar-refractivity contribution in [2.75, 3.05) is 24.7 Å². The molecule has 1 rings (SSSR count). The van der Waals surface area contributed by atoms with E-state index in [0.29, 0.717) is 11.1 Å². The van der Waals surface area contributed by atoms with Gasteiger partial charge in [-0.1, -0.05) is 30.4 Å². The molecule has 0 radical (unpaired) electrons. The number of amides is 1. The van der Waals surface area contributed by atoms with Crippen molar-refractivity contribution in [3.05, 3.63) is 34.9 Å². The summed E-state index contributed by atoms with van der Waals surface area (Å²) in [6.45, 7) is 3.20. The van der Waals surface area contributed by atoms with Gasteiger partial charge < -0.3 is 10.4 Å². The lowest BCUT2D eigenvalue weighted by atomic mass is 10.0. The molecule has 0 bridgehead atoms. The molecule has 0 aliphatic heterocycles. The summed E-state index contributed by atoms with van der Waals surface area (Å²) in [7, 11) is -3.11. The molecule has 114 valence electrons. The Morgan fingerprint density at radius 1 is 1.38 bits per heavy atom. The number of rotatable bonds is 5. The minimum atomic E-state index is -3.11. The van der Waals surface area contributed by atoms with Crippen LogP contribution in [0.3, 0.4) is 0 Å². The Morgan fingerprint density at radius 2 is 2.10 bits per heavy atom. The fraction of sp³-hybridized carbons (Fsp3) is 0.400. The second-order valence-corrected chi connectivity index (χ2v) is 6.97. The van der Waals surface area contributed by atoms with Crippen molar-refractivity contribution >= 4 is 15.7 Å². The van der Waals surface area contributed by atoms with Crippen molar-refractivity contribution in [2.45, 2.75) is 13.8 Å². The molecule has 1 aromatic rings. The van der Waals surface area contributed by atoms with Gasteiger partial charge in [0.05, 0.1) is 11.3 Å².